The second-order valence-electron chi connectivity index (χ2n) is 9.33. The van der Waals surface area contributed by atoms with Crippen LogP contribution in [0.15, 0.2) is 60.0 Å². The molecule has 37 heavy (non-hydrogen) atoms. The molecule has 2 aromatic heterocycles. The first-order chi connectivity index (χ1) is 18.1. The van der Waals surface area contributed by atoms with Gasteiger partial charge in [-0.05, 0) is 44.3 Å². The Bertz CT molecular complexity index is 1360. The summed E-state index contributed by atoms with van der Waals surface area (Å²) in [7, 11) is 5.24. The number of aliphatic imine (C=N–C) groups is 1. The number of methoxy groups -OCH3 is 2. The van der Waals surface area contributed by atoms with Crippen molar-refractivity contribution in [2.75, 3.05) is 45.3 Å². The van der Waals surface area contributed by atoms with E-state index in [9.17, 15) is 0 Å². The van der Waals surface area contributed by atoms with Crippen molar-refractivity contribution in [2.45, 2.75) is 18.9 Å². The lowest BCUT2D eigenvalue weighted by Gasteiger charge is -2.27. The highest BCUT2D eigenvalue weighted by Crippen LogP contribution is 2.34. The Kier molecular flexibility index (Phi) is 7.32. The minimum Gasteiger partial charge on any atom is -0.497 e. The standard InChI is InChI=1S/C28H33N7O2/c1-29-21-8-11-34(19-21)9-5-10-35(23-12-24(36-3)15-25(13-23)37-4)22-6-7-26-27(14-22)32-28(17-30-26)20-16-31-33(2)18-20/h6-7,12-18,21H,1,5,8-11,19H2,2-4H3. The molecule has 1 aliphatic heterocycles. The SMILES string of the molecule is C=NC1CCN(CCCN(c2cc(OC)cc(OC)c2)c2ccc3ncc(-c4cnn(C)c4)nc3c2)C1. The molecular formula is C28H33N7O2. The smallest absolute Gasteiger partial charge is 0.124 e. The molecule has 5 rings (SSSR count). The number of fused-ring (bicyclic) bond motifs is 1. The third kappa shape index (κ3) is 5.56. The van der Waals surface area contributed by atoms with Crippen LogP contribution in [0, 0.1) is 0 Å². The summed E-state index contributed by atoms with van der Waals surface area (Å²) in [6.45, 7) is 7.60. The molecule has 1 saturated heterocycles. The zero-order valence-corrected chi connectivity index (χ0v) is 21.7. The van der Waals surface area contributed by atoms with Gasteiger partial charge in [-0.1, -0.05) is 0 Å². The first-order valence-corrected chi connectivity index (χ1v) is 12.5. The maximum Gasteiger partial charge on any atom is 0.124 e. The summed E-state index contributed by atoms with van der Waals surface area (Å²) in [5, 5.41) is 4.27. The van der Waals surface area contributed by atoms with Crippen LogP contribution >= 0.6 is 0 Å². The molecule has 0 saturated carbocycles. The molecule has 0 N–H and O–H groups in total. The van der Waals surface area contributed by atoms with Crippen LogP contribution in [0.3, 0.4) is 0 Å². The lowest BCUT2D eigenvalue weighted by atomic mass is 10.1. The van der Waals surface area contributed by atoms with Gasteiger partial charge in [0.25, 0.3) is 0 Å². The van der Waals surface area contributed by atoms with Crippen LogP contribution < -0.4 is 14.4 Å². The summed E-state index contributed by atoms with van der Waals surface area (Å²) >= 11 is 0. The highest BCUT2D eigenvalue weighted by Gasteiger charge is 2.21. The Balaban J connectivity index is 1.47. The summed E-state index contributed by atoms with van der Waals surface area (Å²) < 4.78 is 12.9. The van der Waals surface area contributed by atoms with Gasteiger partial charge in [0, 0.05) is 68.0 Å². The molecule has 1 unspecified atom stereocenters. The van der Waals surface area contributed by atoms with Gasteiger partial charge in [-0.3, -0.25) is 14.7 Å². The lowest BCUT2D eigenvalue weighted by molar-refractivity contribution is 0.331. The molecule has 0 amide bonds. The van der Waals surface area contributed by atoms with E-state index in [2.05, 4.69) is 43.7 Å². The van der Waals surface area contributed by atoms with E-state index >= 15 is 0 Å². The molecule has 192 valence electrons. The Labute approximate surface area is 217 Å². The van der Waals surface area contributed by atoms with Crippen LogP contribution in [0.4, 0.5) is 11.4 Å². The van der Waals surface area contributed by atoms with Crippen molar-refractivity contribution < 1.29 is 9.47 Å². The van der Waals surface area contributed by atoms with Crippen LogP contribution in [0.2, 0.25) is 0 Å². The number of anilines is 2. The van der Waals surface area contributed by atoms with Crippen molar-refractivity contribution in [3.8, 4) is 22.8 Å². The minimum absolute atomic E-state index is 0.354. The second kappa shape index (κ2) is 11.0. The number of nitrogens with zero attached hydrogens (tertiary/aromatic N) is 7. The fourth-order valence-corrected chi connectivity index (χ4v) is 4.83. The van der Waals surface area contributed by atoms with Gasteiger partial charge in [-0.2, -0.15) is 5.10 Å². The van der Waals surface area contributed by atoms with Gasteiger partial charge < -0.3 is 19.3 Å². The first-order valence-electron chi connectivity index (χ1n) is 12.5. The van der Waals surface area contributed by atoms with E-state index in [4.69, 9.17) is 14.5 Å². The maximum atomic E-state index is 5.57. The van der Waals surface area contributed by atoms with Gasteiger partial charge in [0.15, 0.2) is 0 Å². The van der Waals surface area contributed by atoms with Crippen molar-refractivity contribution in [2.24, 2.45) is 12.0 Å². The van der Waals surface area contributed by atoms with Crippen molar-refractivity contribution in [3.63, 3.8) is 0 Å². The average Bonchev–Trinajstić information content (AvgIpc) is 3.59. The Morgan fingerprint density at radius 2 is 1.86 bits per heavy atom. The van der Waals surface area contributed by atoms with E-state index < -0.39 is 0 Å². The number of hydrogen-bond acceptors (Lipinski definition) is 8. The molecule has 2 aromatic carbocycles. The summed E-state index contributed by atoms with van der Waals surface area (Å²) in [5.41, 5.74) is 5.45. The van der Waals surface area contributed by atoms with Gasteiger partial charge in [-0.15, -0.1) is 0 Å². The number of aromatic nitrogens is 4. The minimum atomic E-state index is 0.354. The number of rotatable bonds is 10. The molecule has 4 aromatic rings. The van der Waals surface area contributed by atoms with Crippen molar-refractivity contribution in [3.05, 3.63) is 55.0 Å². The lowest BCUT2D eigenvalue weighted by Crippen LogP contribution is -2.27. The average molecular weight is 500 g/mol. The van der Waals surface area contributed by atoms with E-state index in [1.54, 1.807) is 31.3 Å². The zero-order valence-electron chi connectivity index (χ0n) is 21.7. The molecule has 3 heterocycles. The molecule has 0 radical (unpaired) electrons. The molecule has 1 fully saturated rings. The number of hydrogen-bond donors (Lipinski definition) is 0. The largest absolute Gasteiger partial charge is 0.497 e. The number of aryl methyl sites for hydroxylation is 1. The number of ether oxygens (including phenoxy) is 2. The predicted octanol–water partition coefficient (Wildman–Crippen LogP) is 4.35. The van der Waals surface area contributed by atoms with Gasteiger partial charge in [0.1, 0.15) is 11.5 Å². The molecule has 1 atom stereocenters. The monoisotopic (exact) mass is 499 g/mol. The number of benzene rings is 2. The third-order valence-electron chi connectivity index (χ3n) is 6.85. The molecule has 9 heteroatoms. The van der Waals surface area contributed by atoms with Crippen molar-refractivity contribution >= 4 is 29.1 Å². The van der Waals surface area contributed by atoms with E-state index in [1.165, 1.54) is 0 Å². The quantitative estimate of drug-likeness (QED) is 0.300. The zero-order chi connectivity index (χ0) is 25.8. The fraction of sp³-hybridized carbons (Fsp3) is 0.357. The van der Waals surface area contributed by atoms with E-state index in [1.807, 2.05) is 37.5 Å². The van der Waals surface area contributed by atoms with Gasteiger partial charge in [-0.25, -0.2) is 4.98 Å². The van der Waals surface area contributed by atoms with E-state index in [0.717, 1.165) is 84.2 Å². The van der Waals surface area contributed by atoms with Crippen LogP contribution in [-0.4, -0.2) is 77.8 Å². The van der Waals surface area contributed by atoms with Gasteiger partial charge in [0.05, 0.1) is 49.4 Å². The van der Waals surface area contributed by atoms with Gasteiger partial charge in [0.2, 0.25) is 0 Å². The van der Waals surface area contributed by atoms with E-state index in [-0.39, 0.29) is 0 Å². The molecule has 0 aliphatic carbocycles. The summed E-state index contributed by atoms with van der Waals surface area (Å²) in [6.07, 6.45) is 7.62. The topological polar surface area (TPSA) is 80.9 Å². The summed E-state index contributed by atoms with van der Waals surface area (Å²) in [5.74, 6) is 1.50. The highest BCUT2D eigenvalue weighted by molar-refractivity contribution is 5.82. The molecule has 0 spiro atoms. The van der Waals surface area contributed by atoms with Crippen LogP contribution in [0.1, 0.15) is 12.8 Å². The Hall–Kier alpha value is -3.98. The molecule has 1 aliphatic rings. The maximum absolute atomic E-state index is 5.57. The van der Waals surface area contributed by atoms with E-state index in [0.29, 0.717) is 6.04 Å². The van der Waals surface area contributed by atoms with Crippen molar-refractivity contribution in [1.82, 2.24) is 24.6 Å². The molecule has 9 nitrogen and oxygen atoms in total. The molecular weight excluding hydrogens is 466 g/mol. The third-order valence-corrected chi connectivity index (χ3v) is 6.85. The summed E-state index contributed by atoms with van der Waals surface area (Å²) in [4.78, 5) is 18.5. The highest BCUT2D eigenvalue weighted by atomic mass is 16.5. The fourth-order valence-electron chi connectivity index (χ4n) is 4.83. The van der Waals surface area contributed by atoms with Crippen LogP contribution in [0.5, 0.6) is 11.5 Å². The second-order valence-corrected chi connectivity index (χ2v) is 9.33. The first kappa shape index (κ1) is 24.7. The van der Waals surface area contributed by atoms with Crippen LogP contribution in [-0.2, 0) is 7.05 Å². The summed E-state index contributed by atoms with van der Waals surface area (Å²) in [6, 6.07) is 12.5. The van der Waals surface area contributed by atoms with Gasteiger partial charge >= 0.3 is 0 Å². The predicted molar refractivity (Wildman–Crippen MR) is 147 cm³/mol. The molecule has 0 bridgehead atoms. The van der Waals surface area contributed by atoms with Crippen molar-refractivity contribution in [1.29, 1.82) is 0 Å². The normalized spacial score (nSPS) is 15.7. The Morgan fingerprint density at radius 3 is 2.54 bits per heavy atom. The number of likely N-dealkylation sites (tertiary alicyclic amines) is 1. The van der Waals surface area contributed by atoms with Crippen LogP contribution in [0.25, 0.3) is 22.3 Å². The Morgan fingerprint density at radius 1 is 1.05 bits per heavy atom.